The summed E-state index contributed by atoms with van der Waals surface area (Å²) in [6, 6.07) is 9.68. The van der Waals surface area contributed by atoms with Gasteiger partial charge in [0.2, 0.25) is 17.7 Å². The zero-order chi connectivity index (χ0) is 28.1. The molecule has 1 heterocycles. The van der Waals surface area contributed by atoms with E-state index in [2.05, 4.69) is 15.4 Å². The van der Waals surface area contributed by atoms with Crippen molar-refractivity contribution in [2.24, 2.45) is 11.1 Å². The summed E-state index contributed by atoms with van der Waals surface area (Å²) in [6.07, 6.45) is -4.15. The Kier molecular flexibility index (Phi) is 11.1. The number of fused-ring (bicyclic) bond motifs is 1. The predicted molar refractivity (Wildman–Crippen MR) is 147 cm³/mol. The predicted octanol–water partition coefficient (Wildman–Crippen LogP) is 4.85. The molecule has 13 heteroatoms. The number of hydrogen-bond acceptors (Lipinski definition) is 6. The van der Waals surface area contributed by atoms with Crippen LogP contribution in [0.5, 0.6) is 5.75 Å². The number of thioether (sulfide) groups is 1. The molecule has 1 aliphatic heterocycles. The fourth-order valence-electron chi connectivity index (χ4n) is 3.58. The molecule has 0 bridgehead atoms. The number of halogens is 4. The van der Waals surface area contributed by atoms with Crippen molar-refractivity contribution >= 4 is 53.3 Å². The highest BCUT2D eigenvalue weighted by molar-refractivity contribution is 7.99. The van der Waals surface area contributed by atoms with Crippen LogP contribution in [0.4, 0.5) is 24.5 Å². The number of nitrogens with one attached hydrogen (secondary N) is 2. The van der Waals surface area contributed by atoms with Gasteiger partial charge in [-0.2, -0.15) is 0 Å². The molecule has 4 N–H and O–H groups in total. The topological polar surface area (TPSA) is 114 Å². The molecule has 1 aliphatic rings. The number of nitrogens with zero attached hydrogens (tertiary/aromatic N) is 1. The molecule has 0 unspecified atom stereocenters. The van der Waals surface area contributed by atoms with Crippen molar-refractivity contribution in [3.8, 4) is 5.75 Å². The zero-order valence-electron chi connectivity index (χ0n) is 21.8. The van der Waals surface area contributed by atoms with Crippen LogP contribution in [0.1, 0.15) is 39.2 Å². The third kappa shape index (κ3) is 9.63. The van der Waals surface area contributed by atoms with E-state index in [0.717, 1.165) is 4.90 Å². The van der Waals surface area contributed by atoms with Gasteiger partial charge in [-0.15, -0.1) is 37.3 Å². The molecule has 0 radical (unpaired) electrons. The average molecular weight is 589 g/mol. The van der Waals surface area contributed by atoms with Crippen molar-refractivity contribution in [3.63, 3.8) is 0 Å². The first kappa shape index (κ1) is 32.3. The van der Waals surface area contributed by atoms with Crippen LogP contribution >= 0.6 is 24.2 Å². The third-order valence-electron chi connectivity index (χ3n) is 5.58. The highest BCUT2D eigenvalue weighted by atomic mass is 35.5. The number of anilines is 2. The zero-order valence-corrected chi connectivity index (χ0v) is 23.4. The van der Waals surface area contributed by atoms with Gasteiger partial charge in [0.1, 0.15) is 5.75 Å². The lowest BCUT2D eigenvalue weighted by atomic mass is 9.96. The Hall–Kier alpha value is -2.96. The fraction of sp³-hybridized carbons (Fsp3) is 0.423. The Bertz CT molecular complexity index is 1170. The van der Waals surface area contributed by atoms with Crippen molar-refractivity contribution in [1.29, 1.82) is 0 Å². The molecule has 0 aromatic heterocycles. The standard InChI is InChI=1S/C26H31F3N4O4S.ClH/c1-25(2,3)24(36)31-12-4-5-22(34)32-17-8-11-21-20(13-17)33(23(35)19(30)15-38-21)14-16-6-9-18(10-7-16)37-26(27,28)29;/h6-11,13,19H,4-5,12,14-15,30H2,1-3H3,(H,31,36)(H,32,34);1H/t19-;/m0./s1. The number of amides is 3. The molecule has 3 amide bonds. The van der Waals surface area contributed by atoms with Gasteiger partial charge in [0.05, 0.1) is 18.3 Å². The number of hydrogen-bond donors (Lipinski definition) is 3. The molecule has 3 rings (SSSR count). The minimum Gasteiger partial charge on any atom is -0.406 e. The van der Waals surface area contributed by atoms with Gasteiger partial charge in [0.25, 0.3) is 0 Å². The van der Waals surface area contributed by atoms with E-state index in [-0.39, 0.29) is 48.8 Å². The van der Waals surface area contributed by atoms with E-state index >= 15 is 0 Å². The van der Waals surface area contributed by atoms with Crippen LogP contribution in [0.2, 0.25) is 0 Å². The monoisotopic (exact) mass is 588 g/mol. The lowest BCUT2D eigenvalue weighted by Gasteiger charge is -2.25. The van der Waals surface area contributed by atoms with Gasteiger partial charge in [-0.25, -0.2) is 0 Å². The summed E-state index contributed by atoms with van der Waals surface area (Å²) in [4.78, 5) is 39.8. The van der Waals surface area contributed by atoms with Crippen LogP contribution in [0.3, 0.4) is 0 Å². The smallest absolute Gasteiger partial charge is 0.406 e. The van der Waals surface area contributed by atoms with E-state index in [9.17, 15) is 27.6 Å². The summed E-state index contributed by atoms with van der Waals surface area (Å²) >= 11 is 1.41. The maximum Gasteiger partial charge on any atom is 0.573 e. The van der Waals surface area contributed by atoms with Gasteiger partial charge in [-0.1, -0.05) is 32.9 Å². The summed E-state index contributed by atoms with van der Waals surface area (Å²) in [5.41, 5.74) is 7.16. The highest BCUT2D eigenvalue weighted by Gasteiger charge is 2.32. The molecule has 0 spiro atoms. The van der Waals surface area contributed by atoms with E-state index in [1.807, 2.05) is 20.8 Å². The number of alkyl halides is 3. The lowest BCUT2D eigenvalue weighted by Crippen LogP contribution is -2.44. The fourth-order valence-corrected chi connectivity index (χ4v) is 4.56. The highest BCUT2D eigenvalue weighted by Crippen LogP contribution is 2.37. The number of nitrogens with two attached hydrogens (primary N) is 1. The molecule has 2 aromatic rings. The second kappa shape index (κ2) is 13.4. The number of carbonyl (C=O) groups excluding carboxylic acids is 3. The molecule has 1 atom stereocenters. The summed E-state index contributed by atoms with van der Waals surface area (Å²) in [6.45, 7) is 5.87. The number of rotatable bonds is 8. The van der Waals surface area contributed by atoms with Crippen molar-refractivity contribution in [1.82, 2.24) is 5.32 Å². The van der Waals surface area contributed by atoms with Crippen LogP contribution in [-0.4, -0.2) is 42.4 Å². The number of benzene rings is 2. The molecule has 0 fully saturated rings. The summed E-state index contributed by atoms with van der Waals surface area (Å²) in [5, 5.41) is 5.62. The normalized spacial score (nSPS) is 15.5. The molecular weight excluding hydrogens is 557 g/mol. The van der Waals surface area contributed by atoms with E-state index in [4.69, 9.17) is 5.73 Å². The van der Waals surface area contributed by atoms with E-state index in [1.165, 1.54) is 40.9 Å². The Morgan fingerprint density at radius 2 is 1.79 bits per heavy atom. The van der Waals surface area contributed by atoms with Crippen LogP contribution < -0.4 is 26.0 Å². The van der Waals surface area contributed by atoms with Crippen LogP contribution in [0.15, 0.2) is 47.4 Å². The molecule has 0 saturated heterocycles. The maximum atomic E-state index is 13.1. The molecule has 8 nitrogen and oxygen atoms in total. The number of ether oxygens (including phenoxy) is 1. The van der Waals surface area contributed by atoms with Gasteiger partial charge >= 0.3 is 6.36 Å². The van der Waals surface area contributed by atoms with E-state index < -0.39 is 17.8 Å². The Balaban J connectivity index is 0.00000533. The molecule has 0 saturated carbocycles. The minimum atomic E-state index is -4.80. The molecular formula is C26H32ClF3N4O4S. The first-order valence-corrected chi connectivity index (χ1v) is 13.0. The second-order valence-corrected chi connectivity index (χ2v) is 10.9. The van der Waals surface area contributed by atoms with Crippen LogP contribution in [0, 0.1) is 5.41 Å². The first-order valence-electron chi connectivity index (χ1n) is 12.0. The maximum absolute atomic E-state index is 13.1. The summed E-state index contributed by atoms with van der Waals surface area (Å²) in [7, 11) is 0. The van der Waals surface area contributed by atoms with Crippen molar-refractivity contribution < 1.29 is 32.3 Å². The summed E-state index contributed by atoms with van der Waals surface area (Å²) < 4.78 is 41.3. The third-order valence-corrected chi connectivity index (χ3v) is 6.76. The minimum absolute atomic E-state index is 0. The van der Waals surface area contributed by atoms with Crippen molar-refractivity contribution in [2.45, 2.75) is 57.5 Å². The Morgan fingerprint density at radius 1 is 1.13 bits per heavy atom. The first-order chi connectivity index (χ1) is 17.7. The van der Waals surface area contributed by atoms with E-state index in [0.29, 0.717) is 35.7 Å². The second-order valence-electron chi connectivity index (χ2n) is 9.87. The molecule has 214 valence electrons. The largest absolute Gasteiger partial charge is 0.573 e. The number of carbonyl (C=O) groups is 3. The molecule has 0 aliphatic carbocycles. The average Bonchev–Trinajstić information content (AvgIpc) is 2.93. The van der Waals surface area contributed by atoms with Crippen molar-refractivity contribution in [3.05, 3.63) is 48.0 Å². The molecule has 2 aromatic carbocycles. The Morgan fingerprint density at radius 3 is 2.41 bits per heavy atom. The van der Waals surface area contributed by atoms with E-state index in [1.54, 1.807) is 18.2 Å². The molecule has 39 heavy (non-hydrogen) atoms. The SMILES string of the molecule is CC(C)(C)C(=O)NCCCC(=O)Nc1ccc2c(c1)N(Cc1ccc(OC(F)(F)F)cc1)C(=O)[C@@H](N)CS2.Cl. The van der Waals surface area contributed by atoms with Crippen LogP contribution in [0.25, 0.3) is 0 Å². The van der Waals surface area contributed by atoms with Gasteiger partial charge in [0, 0.05) is 34.7 Å². The summed E-state index contributed by atoms with van der Waals surface area (Å²) in [5.74, 6) is -0.686. The Labute approximate surface area is 235 Å². The van der Waals surface area contributed by atoms with Gasteiger partial charge in [0.15, 0.2) is 0 Å². The quantitative estimate of drug-likeness (QED) is 0.380. The van der Waals surface area contributed by atoms with Gasteiger partial charge in [-0.05, 0) is 42.3 Å². The van der Waals surface area contributed by atoms with Gasteiger partial charge < -0.3 is 26.0 Å². The van der Waals surface area contributed by atoms with Crippen molar-refractivity contribution in [2.75, 3.05) is 22.5 Å². The van der Waals surface area contributed by atoms with Gasteiger partial charge in [-0.3, -0.25) is 14.4 Å². The van der Waals surface area contributed by atoms with Crippen LogP contribution in [-0.2, 0) is 20.9 Å². The lowest BCUT2D eigenvalue weighted by molar-refractivity contribution is -0.274.